The number of hydrogen-bond acceptors (Lipinski definition) is 3. The second-order valence-electron chi connectivity index (χ2n) is 3.68. The standard InChI is InChI=1S/C14H13ClN2OS/c1-19-14(16)17-12-7-2-3-8-13(12)18-11-6-4-5-10(15)9-11/h2-9H,1H3,(H2,16,17). The maximum atomic E-state index is 5.93. The second kappa shape index (κ2) is 6.50. The van der Waals surface area contributed by atoms with Gasteiger partial charge in [-0.1, -0.05) is 41.6 Å². The van der Waals surface area contributed by atoms with Crippen molar-refractivity contribution in [1.82, 2.24) is 0 Å². The Hall–Kier alpha value is -1.65. The molecule has 98 valence electrons. The van der Waals surface area contributed by atoms with Gasteiger partial charge in [-0.05, 0) is 36.6 Å². The van der Waals surface area contributed by atoms with Crippen LogP contribution in [-0.2, 0) is 0 Å². The monoisotopic (exact) mass is 292 g/mol. The summed E-state index contributed by atoms with van der Waals surface area (Å²) in [5.41, 5.74) is 6.42. The molecule has 0 spiro atoms. The molecule has 5 heteroatoms. The quantitative estimate of drug-likeness (QED) is 0.672. The van der Waals surface area contributed by atoms with Gasteiger partial charge in [0.2, 0.25) is 0 Å². The summed E-state index contributed by atoms with van der Waals surface area (Å²) in [5, 5.41) is 1.12. The highest BCUT2D eigenvalue weighted by atomic mass is 35.5. The number of para-hydroxylation sites is 2. The van der Waals surface area contributed by atoms with E-state index < -0.39 is 0 Å². The van der Waals surface area contributed by atoms with Crippen LogP contribution in [0.4, 0.5) is 5.69 Å². The fourth-order valence-electron chi connectivity index (χ4n) is 1.46. The molecule has 3 nitrogen and oxygen atoms in total. The van der Waals surface area contributed by atoms with E-state index in [4.69, 9.17) is 22.1 Å². The van der Waals surface area contributed by atoms with E-state index >= 15 is 0 Å². The minimum Gasteiger partial charge on any atom is -0.455 e. The predicted molar refractivity (Wildman–Crippen MR) is 82.8 cm³/mol. The average Bonchev–Trinajstić information content (AvgIpc) is 2.41. The van der Waals surface area contributed by atoms with Gasteiger partial charge in [-0.3, -0.25) is 0 Å². The molecule has 0 unspecified atom stereocenters. The second-order valence-corrected chi connectivity index (χ2v) is 4.94. The number of hydrogen-bond donors (Lipinski definition) is 1. The molecule has 0 radical (unpaired) electrons. The van der Waals surface area contributed by atoms with Crippen LogP contribution in [0.3, 0.4) is 0 Å². The zero-order valence-electron chi connectivity index (χ0n) is 10.3. The van der Waals surface area contributed by atoms with Gasteiger partial charge >= 0.3 is 0 Å². The van der Waals surface area contributed by atoms with Gasteiger partial charge in [0.15, 0.2) is 10.9 Å². The first kappa shape index (κ1) is 13.8. The highest BCUT2D eigenvalue weighted by molar-refractivity contribution is 8.13. The average molecular weight is 293 g/mol. The van der Waals surface area contributed by atoms with Crippen LogP contribution in [0.25, 0.3) is 0 Å². The summed E-state index contributed by atoms with van der Waals surface area (Å²) < 4.78 is 5.78. The maximum absolute atomic E-state index is 5.93. The lowest BCUT2D eigenvalue weighted by Crippen LogP contribution is -2.04. The Kier molecular flexibility index (Phi) is 4.71. The van der Waals surface area contributed by atoms with Gasteiger partial charge in [-0.2, -0.15) is 0 Å². The molecule has 0 saturated heterocycles. The molecule has 0 heterocycles. The normalized spacial score (nSPS) is 11.4. The van der Waals surface area contributed by atoms with Crippen molar-refractivity contribution in [1.29, 1.82) is 0 Å². The van der Waals surface area contributed by atoms with Crippen molar-refractivity contribution in [3.8, 4) is 11.5 Å². The van der Waals surface area contributed by atoms with Crippen LogP contribution in [-0.4, -0.2) is 11.4 Å². The van der Waals surface area contributed by atoms with Crippen LogP contribution in [0, 0.1) is 0 Å². The summed E-state index contributed by atoms with van der Waals surface area (Å²) in [5.74, 6) is 1.31. The molecule has 0 bridgehead atoms. The van der Waals surface area contributed by atoms with Gasteiger partial charge < -0.3 is 10.5 Å². The Morgan fingerprint density at radius 3 is 2.74 bits per heavy atom. The summed E-state index contributed by atoms with van der Waals surface area (Å²) in [6.07, 6.45) is 1.87. The van der Waals surface area contributed by atoms with Gasteiger partial charge in [0, 0.05) is 5.02 Å². The van der Waals surface area contributed by atoms with Crippen LogP contribution < -0.4 is 10.5 Å². The third-order valence-electron chi connectivity index (χ3n) is 2.33. The number of thioether (sulfide) groups is 1. The van der Waals surface area contributed by atoms with Crippen molar-refractivity contribution >= 4 is 34.2 Å². The number of ether oxygens (including phenoxy) is 1. The Morgan fingerprint density at radius 2 is 2.00 bits per heavy atom. The first-order valence-electron chi connectivity index (χ1n) is 5.59. The van der Waals surface area contributed by atoms with E-state index in [0.717, 1.165) is 0 Å². The highest BCUT2D eigenvalue weighted by Gasteiger charge is 2.04. The SMILES string of the molecule is CSC(N)=Nc1ccccc1Oc1cccc(Cl)c1. The summed E-state index contributed by atoms with van der Waals surface area (Å²) in [4.78, 5) is 4.30. The predicted octanol–water partition coefficient (Wildman–Crippen LogP) is 4.44. The van der Waals surface area contributed by atoms with Crippen molar-refractivity contribution in [2.45, 2.75) is 0 Å². The molecular weight excluding hydrogens is 280 g/mol. The van der Waals surface area contributed by atoms with E-state index in [2.05, 4.69) is 4.99 Å². The fraction of sp³-hybridized carbons (Fsp3) is 0.0714. The molecule has 2 aromatic rings. The number of nitrogens with zero attached hydrogens (tertiary/aromatic N) is 1. The van der Waals surface area contributed by atoms with E-state index in [1.807, 2.05) is 42.7 Å². The van der Waals surface area contributed by atoms with Crippen molar-refractivity contribution in [2.75, 3.05) is 6.26 Å². The molecule has 19 heavy (non-hydrogen) atoms. The van der Waals surface area contributed by atoms with Crippen LogP contribution in [0.2, 0.25) is 5.02 Å². The summed E-state index contributed by atoms with van der Waals surface area (Å²) in [7, 11) is 0. The minimum absolute atomic E-state index is 0.488. The number of amidine groups is 1. The van der Waals surface area contributed by atoms with Crippen LogP contribution in [0.1, 0.15) is 0 Å². The summed E-state index contributed by atoms with van der Waals surface area (Å²) in [6.45, 7) is 0. The van der Waals surface area contributed by atoms with E-state index in [9.17, 15) is 0 Å². The number of benzene rings is 2. The Bertz CT molecular complexity index is 602. The lowest BCUT2D eigenvalue weighted by atomic mass is 10.3. The first-order chi connectivity index (χ1) is 9.19. The van der Waals surface area contributed by atoms with Gasteiger partial charge in [-0.25, -0.2) is 4.99 Å². The fourth-order valence-corrected chi connectivity index (χ4v) is 1.83. The molecule has 2 rings (SSSR count). The van der Waals surface area contributed by atoms with E-state index in [0.29, 0.717) is 27.4 Å². The molecule has 0 saturated carbocycles. The van der Waals surface area contributed by atoms with Gasteiger partial charge in [0.1, 0.15) is 11.4 Å². The van der Waals surface area contributed by atoms with Crippen molar-refractivity contribution in [3.63, 3.8) is 0 Å². The molecule has 2 N–H and O–H groups in total. The zero-order chi connectivity index (χ0) is 13.7. The highest BCUT2D eigenvalue weighted by Crippen LogP contribution is 2.32. The third kappa shape index (κ3) is 3.91. The number of nitrogens with two attached hydrogens (primary N) is 1. The molecule has 0 fully saturated rings. The smallest absolute Gasteiger partial charge is 0.159 e. The van der Waals surface area contributed by atoms with Gasteiger partial charge in [-0.15, -0.1) is 0 Å². The lowest BCUT2D eigenvalue weighted by molar-refractivity contribution is 0.484. The van der Waals surface area contributed by atoms with Crippen molar-refractivity contribution in [3.05, 3.63) is 53.6 Å². The van der Waals surface area contributed by atoms with Crippen LogP contribution in [0.15, 0.2) is 53.5 Å². The van der Waals surface area contributed by atoms with Gasteiger partial charge in [0.25, 0.3) is 0 Å². The Labute approximate surface area is 121 Å². The Morgan fingerprint density at radius 1 is 1.21 bits per heavy atom. The molecule has 0 aliphatic heterocycles. The molecule has 0 atom stereocenters. The van der Waals surface area contributed by atoms with E-state index in [-0.39, 0.29) is 0 Å². The molecule has 0 aliphatic carbocycles. The molecule has 2 aromatic carbocycles. The third-order valence-corrected chi connectivity index (χ3v) is 3.07. The summed E-state index contributed by atoms with van der Waals surface area (Å²) >= 11 is 7.31. The van der Waals surface area contributed by atoms with Gasteiger partial charge in [0.05, 0.1) is 0 Å². The van der Waals surface area contributed by atoms with E-state index in [1.54, 1.807) is 12.1 Å². The first-order valence-corrected chi connectivity index (χ1v) is 7.20. The van der Waals surface area contributed by atoms with Crippen molar-refractivity contribution < 1.29 is 4.74 Å². The topological polar surface area (TPSA) is 47.6 Å². The van der Waals surface area contributed by atoms with Crippen LogP contribution >= 0.6 is 23.4 Å². The molecule has 0 aromatic heterocycles. The zero-order valence-corrected chi connectivity index (χ0v) is 11.9. The van der Waals surface area contributed by atoms with E-state index in [1.165, 1.54) is 11.8 Å². The summed E-state index contributed by atoms with van der Waals surface area (Å²) in [6, 6.07) is 14.7. The van der Waals surface area contributed by atoms with Crippen molar-refractivity contribution in [2.24, 2.45) is 10.7 Å². The molecular formula is C14H13ClN2OS. The maximum Gasteiger partial charge on any atom is 0.159 e. The van der Waals surface area contributed by atoms with Crippen LogP contribution in [0.5, 0.6) is 11.5 Å². The molecule has 0 aliphatic rings. The molecule has 0 amide bonds. The largest absolute Gasteiger partial charge is 0.455 e. The number of aliphatic imine (C=N–C) groups is 1. The Balaban J connectivity index is 2.30. The number of halogens is 1. The number of rotatable bonds is 3. The lowest BCUT2D eigenvalue weighted by Gasteiger charge is -2.08. The minimum atomic E-state index is 0.488.